The summed E-state index contributed by atoms with van der Waals surface area (Å²) >= 11 is 0. The summed E-state index contributed by atoms with van der Waals surface area (Å²) in [6, 6.07) is 0. The maximum absolute atomic E-state index is 12.9. The van der Waals surface area contributed by atoms with Gasteiger partial charge in [-0.05, 0) is 122 Å². The number of aliphatic carboxylic acids is 1. The van der Waals surface area contributed by atoms with E-state index in [2.05, 4.69) is 172 Å². The Kier molecular flexibility index (Phi) is 59.1. The van der Waals surface area contributed by atoms with Gasteiger partial charge in [0, 0.05) is 12.8 Å². The summed E-state index contributed by atoms with van der Waals surface area (Å²) in [7, 11) is 5.96. The van der Waals surface area contributed by atoms with E-state index in [-0.39, 0.29) is 38.6 Å². The zero-order valence-corrected chi connectivity index (χ0v) is 53.3. The summed E-state index contributed by atoms with van der Waals surface area (Å²) in [4.78, 5) is 37.5. The molecule has 0 radical (unpaired) electrons. The molecule has 0 heterocycles. The van der Waals surface area contributed by atoms with Gasteiger partial charge in [0.1, 0.15) is 13.2 Å². The van der Waals surface area contributed by atoms with E-state index in [4.69, 9.17) is 18.9 Å². The van der Waals surface area contributed by atoms with E-state index in [1.807, 2.05) is 21.1 Å². The van der Waals surface area contributed by atoms with Crippen molar-refractivity contribution in [2.45, 2.75) is 245 Å². The maximum Gasteiger partial charge on any atom is 0.361 e. The number of likely N-dealkylation sites (N-methyl/N-ethyl adjacent to an activating group) is 1. The molecule has 83 heavy (non-hydrogen) atoms. The Balaban J connectivity index is 4.16. The van der Waals surface area contributed by atoms with Gasteiger partial charge in [0.25, 0.3) is 6.29 Å². The molecule has 2 unspecified atom stereocenters. The van der Waals surface area contributed by atoms with Crippen LogP contribution in [0.4, 0.5) is 0 Å². The molecule has 2 atom stereocenters. The van der Waals surface area contributed by atoms with Crippen LogP contribution < -0.4 is 0 Å². The topological polar surface area (TPSA) is 108 Å². The number of allylic oxidation sites excluding steroid dienone is 26. The first-order chi connectivity index (χ1) is 40.6. The first-order valence-corrected chi connectivity index (χ1v) is 32.6. The number of hydrogen-bond acceptors (Lipinski definition) is 7. The molecule has 0 rings (SSSR count). The first kappa shape index (κ1) is 77.9. The molecular weight excluding hydrogens is 1030 g/mol. The van der Waals surface area contributed by atoms with Gasteiger partial charge in [0.2, 0.25) is 0 Å². The van der Waals surface area contributed by atoms with E-state index in [1.54, 1.807) is 0 Å². The van der Waals surface area contributed by atoms with Gasteiger partial charge >= 0.3 is 17.9 Å². The van der Waals surface area contributed by atoms with Crippen molar-refractivity contribution in [3.05, 3.63) is 158 Å². The summed E-state index contributed by atoms with van der Waals surface area (Å²) in [5.41, 5.74) is 0. The van der Waals surface area contributed by atoms with Crippen molar-refractivity contribution in [1.29, 1.82) is 0 Å². The number of carbonyl (C=O) groups excluding carboxylic acids is 2. The molecule has 9 heteroatoms. The lowest BCUT2D eigenvalue weighted by atomic mass is 10.0. The Morgan fingerprint density at radius 2 is 0.651 bits per heavy atom. The van der Waals surface area contributed by atoms with Crippen LogP contribution in [0.5, 0.6) is 0 Å². The number of hydrogen-bond donors (Lipinski definition) is 1. The number of carbonyl (C=O) groups is 3. The highest BCUT2D eigenvalue weighted by Crippen LogP contribution is 2.15. The van der Waals surface area contributed by atoms with E-state index in [1.165, 1.54) is 57.8 Å². The van der Waals surface area contributed by atoms with Crippen LogP contribution >= 0.6 is 0 Å². The molecule has 0 aromatic heterocycles. The van der Waals surface area contributed by atoms with Gasteiger partial charge in [-0.2, -0.15) is 0 Å². The molecule has 0 aliphatic rings. The summed E-state index contributed by atoms with van der Waals surface area (Å²) < 4.78 is 22.9. The molecule has 0 aliphatic heterocycles. The van der Waals surface area contributed by atoms with Gasteiger partial charge in [0.15, 0.2) is 6.10 Å². The molecule has 0 saturated carbocycles. The highest BCUT2D eigenvalue weighted by Gasteiger charge is 2.25. The molecule has 0 saturated heterocycles. The second-order valence-corrected chi connectivity index (χ2v) is 22.3. The molecule has 9 nitrogen and oxygen atoms in total. The molecule has 0 aromatic carbocycles. The standard InChI is InChI=1S/C74H119NO8/c1-6-8-10-12-14-16-18-20-22-24-25-26-27-28-29-30-31-32-33-34-35-36-37-38-39-40-41-42-43-44-45-46-47-49-51-53-55-57-59-61-63-65-72(77)83-70(69-82-74(73(78)79)80-67-66-75(3,4)5)68-81-71(76)64-62-60-58-56-54-52-50-48-23-21-19-17-15-13-11-9-7-2/h8-11,14-17,20-23,25-26,28-29,31-32,34-35,37-38,40-41,43-44,70,74H,6-7,12-13,18-19,24,27,30,33,36,39,42,45-69H2,1-5H3/p+1/b10-8-,11-9-,16-14-,17-15-,22-20-,23-21-,26-25-,29-28-,32-31-,35-34-,38-37-,41-40-,44-43-. The Hall–Kier alpha value is -5.09. The summed E-state index contributed by atoms with van der Waals surface area (Å²) in [6.07, 6.45) is 90.5. The number of rotatable bonds is 58. The predicted octanol–water partition coefficient (Wildman–Crippen LogP) is 20.1. The maximum atomic E-state index is 12.9. The third-order valence-electron chi connectivity index (χ3n) is 13.3. The quantitative estimate of drug-likeness (QED) is 0.0211. The molecule has 0 amide bonds. The third kappa shape index (κ3) is 64.3. The highest BCUT2D eigenvalue weighted by molar-refractivity contribution is 5.71. The van der Waals surface area contributed by atoms with E-state index >= 15 is 0 Å². The number of ether oxygens (including phenoxy) is 4. The van der Waals surface area contributed by atoms with Crippen molar-refractivity contribution in [2.75, 3.05) is 47.5 Å². The van der Waals surface area contributed by atoms with Crippen molar-refractivity contribution in [3.63, 3.8) is 0 Å². The van der Waals surface area contributed by atoms with Crippen LogP contribution in [0.15, 0.2) is 158 Å². The van der Waals surface area contributed by atoms with Gasteiger partial charge in [-0.1, -0.05) is 255 Å². The van der Waals surface area contributed by atoms with Crippen LogP contribution in [-0.2, 0) is 33.3 Å². The summed E-state index contributed by atoms with van der Waals surface area (Å²) in [5.74, 6) is -2.04. The summed E-state index contributed by atoms with van der Waals surface area (Å²) in [6.45, 7) is 4.62. The molecule has 0 fully saturated rings. The number of nitrogens with zero attached hydrogens (tertiary/aromatic N) is 1. The van der Waals surface area contributed by atoms with Crippen LogP contribution in [0.2, 0.25) is 0 Å². The van der Waals surface area contributed by atoms with Gasteiger partial charge in [0.05, 0.1) is 34.4 Å². The van der Waals surface area contributed by atoms with Gasteiger partial charge < -0.3 is 28.5 Å². The van der Waals surface area contributed by atoms with E-state index in [0.29, 0.717) is 17.4 Å². The number of esters is 2. The molecule has 0 bridgehead atoms. The fourth-order valence-electron chi connectivity index (χ4n) is 8.35. The minimum absolute atomic E-state index is 0.177. The van der Waals surface area contributed by atoms with E-state index in [0.717, 1.165) is 141 Å². The van der Waals surface area contributed by atoms with Crippen molar-refractivity contribution >= 4 is 17.9 Å². The number of carboxylic acid groups (broad SMARTS) is 1. The molecule has 0 aromatic rings. The van der Waals surface area contributed by atoms with Crippen molar-refractivity contribution in [1.82, 2.24) is 0 Å². The minimum atomic E-state index is -1.52. The Morgan fingerprint density at radius 1 is 0.361 bits per heavy atom. The lowest BCUT2D eigenvalue weighted by molar-refractivity contribution is -0.870. The van der Waals surface area contributed by atoms with Crippen LogP contribution in [0.3, 0.4) is 0 Å². The van der Waals surface area contributed by atoms with E-state index in [9.17, 15) is 19.5 Å². The summed E-state index contributed by atoms with van der Waals surface area (Å²) in [5, 5.41) is 9.72. The zero-order valence-electron chi connectivity index (χ0n) is 53.3. The van der Waals surface area contributed by atoms with Gasteiger partial charge in [-0.15, -0.1) is 0 Å². The highest BCUT2D eigenvalue weighted by atomic mass is 16.7. The molecular formula is C74H120NO8+. The number of carboxylic acids is 1. The molecule has 468 valence electrons. The molecule has 0 aliphatic carbocycles. The molecule has 0 spiro atoms. The van der Waals surface area contributed by atoms with Crippen molar-refractivity contribution in [3.8, 4) is 0 Å². The smallest absolute Gasteiger partial charge is 0.361 e. The second kappa shape index (κ2) is 62.9. The Bertz CT molecular complexity index is 1920. The Labute approximate surface area is 508 Å². The van der Waals surface area contributed by atoms with Crippen LogP contribution in [-0.4, -0.2) is 87.4 Å². The number of unbranched alkanes of at least 4 members (excludes halogenated alkanes) is 17. The average molecular weight is 1150 g/mol. The SMILES string of the molecule is CC/C=C\C/C=C\C/C=C\C/C=C\C/C=C\C/C=C\C/C=C\C/C=C\C/C=C\C/C=C\CCCCCCCCCCCCC(=O)OC(COC(=O)CCCCCCCCC/C=C\C/C=C\C/C=C\CC)COC(OCC[N+](C)(C)C)C(=O)O. The zero-order chi connectivity index (χ0) is 60.5. The normalized spacial score (nSPS) is 13.8. The van der Waals surface area contributed by atoms with Crippen LogP contribution in [0, 0.1) is 0 Å². The monoisotopic (exact) mass is 1150 g/mol. The molecule has 1 N–H and O–H groups in total. The minimum Gasteiger partial charge on any atom is -0.477 e. The number of quaternary nitrogens is 1. The van der Waals surface area contributed by atoms with Crippen LogP contribution in [0.1, 0.15) is 232 Å². The lowest BCUT2D eigenvalue weighted by Crippen LogP contribution is -2.40. The van der Waals surface area contributed by atoms with Crippen molar-refractivity contribution in [2.24, 2.45) is 0 Å². The van der Waals surface area contributed by atoms with Gasteiger partial charge in [-0.3, -0.25) is 9.59 Å². The fourth-order valence-corrected chi connectivity index (χ4v) is 8.35. The van der Waals surface area contributed by atoms with Gasteiger partial charge in [-0.25, -0.2) is 4.79 Å². The average Bonchev–Trinajstić information content (AvgIpc) is 3.46. The Morgan fingerprint density at radius 3 is 0.964 bits per heavy atom. The third-order valence-corrected chi connectivity index (χ3v) is 13.3. The lowest BCUT2D eigenvalue weighted by Gasteiger charge is -2.25. The largest absolute Gasteiger partial charge is 0.477 e. The second-order valence-electron chi connectivity index (χ2n) is 22.3. The van der Waals surface area contributed by atoms with Crippen molar-refractivity contribution < 1.29 is 42.9 Å². The van der Waals surface area contributed by atoms with Crippen LogP contribution in [0.25, 0.3) is 0 Å². The fraction of sp³-hybridized carbons (Fsp3) is 0.608. The first-order valence-electron chi connectivity index (χ1n) is 32.6. The predicted molar refractivity (Wildman–Crippen MR) is 354 cm³/mol. The van der Waals surface area contributed by atoms with E-state index < -0.39 is 24.3 Å².